The van der Waals surface area contributed by atoms with E-state index in [0.717, 1.165) is 5.57 Å². The first-order valence-electron chi connectivity index (χ1n) is 7.05. The fourth-order valence-corrected chi connectivity index (χ4v) is 1.96. The van der Waals surface area contributed by atoms with Crippen LogP contribution in [0.1, 0.15) is 33.1 Å². The fraction of sp³-hybridized carbons (Fsp3) is 0.600. The Morgan fingerprint density at radius 3 is 2.48 bits per heavy atom. The number of carbonyl (C=O) groups excluding carboxylic acids is 1. The van der Waals surface area contributed by atoms with E-state index in [1.807, 2.05) is 6.92 Å². The molecule has 118 valence electrons. The first kappa shape index (κ1) is 17.6. The molecule has 0 aromatic heterocycles. The molecule has 1 unspecified atom stereocenters. The van der Waals surface area contributed by atoms with Crippen LogP contribution in [-0.4, -0.2) is 42.4 Å². The molecule has 6 heteroatoms. The highest BCUT2D eigenvalue weighted by Crippen LogP contribution is 2.14. The zero-order chi connectivity index (χ0) is 15.8. The van der Waals surface area contributed by atoms with Gasteiger partial charge in [0.25, 0.3) is 0 Å². The topological polar surface area (TPSA) is 98.9 Å². The summed E-state index contributed by atoms with van der Waals surface area (Å²) < 4.78 is 10.5. The largest absolute Gasteiger partial charge is 0.480 e. The maximum atomic E-state index is 12.1. The van der Waals surface area contributed by atoms with Crippen LogP contribution < -0.4 is 5.73 Å². The summed E-state index contributed by atoms with van der Waals surface area (Å²) in [6, 6.07) is -0.921. The molecule has 1 aliphatic heterocycles. The van der Waals surface area contributed by atoms with Gasteiger partial charge in [0.05, 0.1) is 19.6 Å². The van der Waals surface area contributed by atoms with Crippen LogP contribution in [-0.2, 0) is 19.1 Å². The molecule has 1 heterocycles. The van der Waals surface area contributed by atoms with Crippen LogP contribution in [0.2, 0.25) is 0 Å². The zero-order valence-corrected chi connectivity index (χ0v) is 12.5. The van der Waals surface area contributed by atoms with Crippen molar-refractivity contribution in [2.24, 2.45) is 5.73 Å². The molecule has 0 amide bonds. The number of rotatable bonds is 8. The van der Waals surface area contributed by atoms with Crippen LogP contribution >= 0.6 is 0 Å². The van der Waals surface area contributed by atoms with E-state index in [2.05, 4.69) is 0 Å². The molecule has 21 heavy (non-hydrogen) atoms. The normalized spacial score (nSPS) is 18.8. The van der Waals surface area contributed by atoms with Crippen molar-refractivity contribution in [2.45, 2.75) is 45.4 Å². The van der Waals surface area contributed by atoms with Gasteiger partial charge in [-0.15, -0.1) is 0 Å². The maximum absolute atomic E-state index is 12.1. The van der Waals surface area contributed by atoms with Crippen molar-refractivity contribution in [3.63, 3.8) is 0 Å². The van der Waals surface area contributed by atoms with Gasteiger partial charge in [0.15, 0.2) is 12.1 Å². The van der Waals surface area contributed by atoms with E-state index in [0.29, 0.717) is 25.2 Å². The average Bonchev–Trinajstić information content (AvgIpc) is 2.92. The molecule has 6 nitrogen and oxygen atoms in total. The number of carbonyl (C=O) groups is 2. The van der Waals surface area contributed by atoms with Crippen LogP contribution in [0, 0.1) is 0 Å². The second-order valence-corrected chi connectivity index (χ2v) is 5.01. The molecule has 0 aromatic rings. The highest BCUT2D eigenvalue weighted by molar-refractivity contribution is 5.95. The SMILES string of the molecule is CC/C(=C\C=C(/C)CC(N)C(=O)O)C(=O)CC1OCCO1. The first-order valence-corrected chi connectivity index (χ1v) is 7.05. The second kappa shape index (κ2) is 8.71. The summed E-state index contributed by atoms with van der Waals surface area (Å²) in [4.78, 5) is 22.8. The number of carboxylic acid groups (broad SMARTS) is 1. The third-order valence-electron chi connectivity index (χ3n) is 3.21. The van der Waals surface area contributed by atoms with E-state index in [9.17, 15) is 9.59 Å². The molecule has 0 bridgehead atoms. The van der Waals surface area contributed by atoms with Gasteiger partial charge in [-0.25, -0.2) is 0 Å². The van der Waals surface area contributed by atoms with Crippen molar-refractivity contribution in [2.75, 3.05) is 13.2 Å². The lowest BCUT2D eigenvalue weighted by molar-refractivity contribution is -0.138. The summed E-state index contributed by atoms with van der Waals surface area (Å²) in [7, 11) is 0. The van der Waals surface area contributed by atoms with Gasteiger partial charge in [-0.05, 0) is 25.3 Å². The quantitative estimate of drug-likeness (QED) is 0.519. The summed E-state index contributed by atoms with van der Waals surface area (Å²) in [5.41, 5.74) is 6.94. The number of Topliss-reactive ketones (excluding diaryl/α,β-unsaturated/α-hetero) is 1. The summed E-state index contributed by atoms with van der Waals surface area (Å²) >= 11 is 0. The molecule has 1 atom stereocenters. The van der Waals surface area contributed by atoms with E-state index >= 15 is 0 Å². The minimum absolute atomic E-state index is 0.0176. The van der Waals surface area contributed by atoms with Gasteiger partial charge in [-0.2, -0.15) is 0 Å². The summed E-state index contributed by atoms with van der Waals surface area (Å²) in [5.74, 6) is -1.05. The van der Waals surface area contributed by atoms with Gasteiger partial charge in [0, 0.05) is 0 Å². The van der Waals surface area contributed by atoms with Gasteiger partial charge in [0.2, 0.25) is 0 Å². The van der Waals surface area contributed by atoms with Crippen molar-refractivity contribution >= 4 is 11.8 Å². The molecule has 3 N–H and O–H groups in total. The lowest BCUT2D eigenvalue weighted by Crippen LogP contribution is -2.30. The van der Waals surface area contributed by atoms with Gasteiger partial charge >= 0.3 is 5.97 Å². The molecule has 1 rings (SSSR count). The Bertz CT molecular complexity index is 435. The maximum Gasteiger partial charge on any atom is 0.320 e. The molecule has 0 spiro atoms. The Balaban J connectivity index is 2.60. The number of nitrogens with two attached hydrogens (primary N) is 1. The number of ketones is 1. The molecule has 1 fully saturated rings. The Hall–Kier alpha value is -1.50. The molecule has 0 radical (unpaired) electrons. The highest BCUT2D eigenvalue weighted by atomic mass is 16.7. The predicted octanol–water partition coefficient (Wildman–Crippen LogP) is 1.40. The summed E-state index contributed by atoms with van der Waals surface area (Å²) in [5, 5.41) is 8.75. The van der Waals surface area contributed by atoms with Crippen molar-refractivity contribution in [3.05, 3.63) is 23.3 Å². The average molecular weight is 297 g/mol. The van der Waals surface area contributed by atoms with E-state index < -0.39 is 18.3 Å². The van der Waals surface area contributed by atoms with Gasteiger partial charge in [-0.3, -0.25) is 9.59 Å². The van der Waals surface area contributed by atoms with E-state index in [4.69, 9.17) is 20.3 Å². The monoisotopic (exact) mass is 297 g/mol. The number of carboxylic acids is 1. The Morgan fingerprint density at radius 1 is 1.33 bits per heavy atom. The number of hydrogen-bond donors (Lipinski definition) is 2. The molecular formula is C15H23NO5. The lowest BCUT2D eigenvalue weighted by Gasteiger charge is -2.09. The minimum Gasteiger partial charge on any atom is -0.480 e. The first-order chi connectivity index (χ1) is 9.93. The Labute approximate surface area is 124 Å². The summed E-state index contributed by atoms with van der Waals surface area (Å²) in [6.07, 6.45) is 4.09. The van der Waals surface area contributed by atoms with Crippen molar-refractivity contribution in [1.82, 2.24) is 0 Å². The van der Waals surface area contributed by atoms with Gasteiger partial charge in [-0.1, -0.05) is 24.6 Å². The van der Waals surface area contributed by atoms with Gasteiger partial charge < -0.3 is 20.3 Å². The van der Waals surface area contributed by atoms with Crippen molar-refractivity contribution in [1.29, 1.82) is 0 Å². The van der Waals surface area contributed by atoms with E-state index in [1.165, 1.54) is 0 Å². The third kappa shape index (κ3) is 6.20. The number of hydrogen-bond acceptors (Lipinski definition) is 5. The zero-order valence-electron chi connectivity index (χ0n) is 12.5. The van der Waals surface area contributed by atoms with Crippen LogP contribution in [0.4, 0.5) is 0 Å². The van der Waals surface area contributed by atoms with Crippen LogP contribution in [0.15, 0.2) is 23.3 Å². The molecule has 1 saturated heterocycles. The standard InChI is InChI=1S/C15H23NO5/c1-3-11(13(17)9-14-20-6-7-21-14)5-4-10(2)8-12(16)15(18)19/h4-5,12,14H,3,6-9,16H2,1-2H3,(H,18,19)/b10-4+,11-5+. The van der Waals surface area contributed by atoms with E-state index in [1.54, 1.807) is 19.1 Å². The molecule has 0 aliphatic carbocycles. The number of allylic oxidation sites excluding steroid dienone is 3. The third-order valence-corrected chi connectivity index (χ3v) is 3.21. The number of aliphatic carboxylic acids is 1. The van der Waals surface area contributed by atoms with E-state index in [-0.39, 0.29) is 18.6 Å². The molecule has 0 aromatic carbocycles. The summed E-state index contributed by atoms with van der Waals surface area (Å²) in [6.45, 7) is 4.73. The Morgan fingerprint density at radius 2 is 1.95 bits per heavy atom. The minimum atomic E-state index is -1.03. The van der Waals surface area contributed by atoms with Gasteiger partial charge in [0.1, 0.15) is 6.04 Å². The molecule has 0 saturated carbocycles. The molecule has 1 aliphatic rings. The lowest BCUT2D eigenvalue weighted by atomic mass is 10.0. The second-order valence-electron chi connectivity index (χ2n) is 5.01. The smallest absolute Gasteiger partial charge is 0.320 e. The number of ether oxygens (including phenoxy) is 2. The van der Waals surface area contributed by atoms with Crippen LogP contribution in [0.3, 0.4) is 0 Å². The Kier molecular flexibility index (Phi) is 7.28. The van der Waals surface area contributed by atoms with Crippen molar-refractivity contribution in [3.8, 4) is 0 Å². The molecular weight excluding hydrogens is 274 g/mol. The van der Waals surface area contributed by atoms with Crippen molar-refractivity contribution < 1.29 is 24.2 Å². The highest BCUT2D eigenvalue weighted by Gasteiger charge is 2.21. The predicted molar refractivity (Wildman–Crippen MR) is 77.7 cm³/mol. The van der Waals surface area contributed by atoms with Crippen LogP contribution in [0.25, 0.3) is 0 Å². The fourth-order valence-electron chi connectivity index (χ4n) is 1.96. The van der Waals surface area contributed by atoms with Crippen LogP contribution in [0.5, 0.6) is 0 Å².